The first-order valence-electron chi connectivity index (χ1n) is 7.61. The summed E-state index contributed by atoms with van der Waals surface area (Å²) in [6.07, 6.45) is 3.81. The van der Waals surface area contributed by atoms with Gasteiger partial charge in [0.15, 0.2) is 0 Å². The maximum absolute atomic E-state index is 5.59. The Hall–Kier alpha value is -2.06. The van der Waals surface area contributed by atoms with E-state index in [9.17, 15) is 0 Å². The van der Waals surface area contributed by atoms with Gasteiger partial charge in [0.2, 0.25) is 0 Å². The molecule has 0 aliphatic rings. The topological polar surface area (TPSA) is 25.2 Å². The van der Waals surface area contributed by atoms with Crippen LogP contribution in [-0.2, 0) is 6.42 Å². The predicted octanol–water partition coefficient (Wildman–Crippen LogP) is 4.72. The molecule has 0 amide bonds. The van der Waals surface area contributed by atoms with E-state index in [0.717, 1.165) is 25.1 Å². The summed E-state index contributed by atoms with van der Waals surface area (Å²) < 4.78 is 5.59. The summed E-state index contributed by atoms with van der Waals surface area (Å²) in [7, 11) is 0. The van der Waals surface area contributed by atoms with Gasteiger partial charge in [-0.1, -0.05) is 49.4 Å². The minimum Gasteiger partial charge on any atom is -0.468 e. The van der Waals surface area contributed by atoms with Gasteiger partial charge in [-0.25, -0.2) is 0 Å². The molecule has 2 nitrogen and oxygen atoms in total. The van der Waals surface area contributed by atoms with E-state index in [0.29, 0.717) is 0 Å². The fourth-order valence-corrected chi connectivity index (χ4v) is 2.68. The molecule has 0 saturated carbocycles. The molecule has 0 aliphatic heterocycles. The molecule has 21 heavy (non-hydrogen) atoms. The van der Waals surface area contributed by atoms with E-state index in [-0.39, 0.29) is 6.04 Å². The first-order valence-corrected chi connectivity index (χ1v) is 7.61. The summed E-state index contributed by atoms with van der Waals surface area (Å²) in [6.45, 7) is 3.18. The molecule has 0 fully saturated rings. The van der Waals surface area contributed by atoms with Crippen LogP contribution >= 0.6 is 0 Å². The first-order chi connectivity index (χ1) is 10.4. The third-order valence-electron chi connectivity index (χ3n) is 3.78. The van der Waals surface area contributed by atoms with Gasteiger partial charge in [0.1, 0.15) is 5.76 Å². The Bertz CT molecular complexity index is 688. The zero-order chi connectivity index (χ0) is 14.5. The highest BCUT2D eigenvalue weighted by Crippen LogP contribution is 2.22. The lowest BCUT2D eigenvalue weighted by molar-refractivity contribution is 0.410. The van der Waals surface area contributed by atoms with Gasteiger partial charge < -0.3 is 9.73 Å². The van der Waals surface area contributed by atoms with Crippen molar-refractivity contribution < 1.29 is 4.42 Å². The molecule has 1 unspecified atom stereocenters. The Labute approximate surface area is 125 Å². The fourth-order valence-electron chi connectivity index (χ4n) is 2.68. The van der Waals surface area contributed by atoms with Gasteiger partial charge in [0, 0.05) is 0 Å². The SMILES string of the molecule is CCCNC(Cc1ccc2ccccc2c1)c1ccco1. The van der Waals surface area contributed by atoms with Crippen LogP contribution in [0.2, 0.25) is 0 Å². The van der Waals surface area contributed by atoms with E-state index in [4.69, 9.17) is 4.42 Å². The molecule has 1 N–H and O–H groups in total. The molecule has 0 spiro atoms. The molecular formula is C19H21NO. The third-order valence-corrected chi connectivity index (χ3v) is 3.78. The van der Waals surface area contributed by atoms with Crippen LogP contribution in [0.1, 0.15) is 30.7 Å². The number of furan rings is 1. The maximum atomic E-state index is 5.59. The molecule has 1 atom stereocenters. The van der Waals surface area contributed by atoms with Crippen molar-refractivity contribution in [2.75, 3.05) is 6.54 Å². The molecule has 0 aliphatic carbocycles. The molecule has 3 rings (SSSR count). The van der Waals surface area contributed by atoms with Crippen molar-refractivity contribution in [1.82, 2.24) is 5.32 Å². The zero-order valence-electron chi connectivity index (χ0n) is 12.4. The molecule has 2 aromatic carbocycles. The van der Waals surface area contributed by atoms with Crippen molar-refractivity contribution in [3.05, 3.63) is 72.2 Å². The predicted molar refractivity (Wildman–Crippen MR) is 87.4 cm³/mol. The summed E-state index contributed by atoms with van der Waals surface area (Å²) in [5.41, 5.74) is 1.33. The van der Waals surface area contributed by atoms with Gasteiger partial charge in [0.05, 0.1) is 12.3 Å². The van der Waals surface area contributed by atoms with Crippen molar-refractivity contribution in [1.29, 1.82) is 0 Å². The first kappa shape index (κ1) is 13.9. The monoisotopic (exact) mass is 279 g/mol. The van der Waals surface area contributed by atoms with Crippen molar-refractivity contribution in [3.63, 3.8) is 0 Å². The Morgan fingerprint density at radius 3 is 2.62 bits per heavy atom. The highest BCUT2D eigenvalue weighted by atomic mass is 16.3. The minimum atomic E-state index is 0.237. The summed E-state index contributed by atoms with van der Waals surface area (Å²) in [4.78, 5) is 0. The van der Waals surface area contributed by atoms with Crippen LogP contribution in [0.15, 0.2) is 65.3 Å². The largest absolute Gasteiger partial charge is 0.468 e. The Kier molecular flexibility index (Phi) is 4.37. The number of hydrogen-bond acceptors (Lipinski definition) is 2. The second kappa shape index (κ2) is 6.59. The number of nitrogens with one attached hydrogen (secondary N) is 1. The van der Waals surface area contributed by atoms with Gasteiger partial charge >= 0.3 is 0 Å². The van der Waals surface area contributed by atoms with Crippen LogP contribution in [-0.4, -0.2) is 6.54 Å². The van der Waals surface area contributed by atoms with Crippen molar-refractivity contribution in [2.24, 2.45) is 0 Å². The van der Waals surface area contributed by atoms with Gasteiger partial charge in [-0.3, -0.25) is 0 Å². The standard InChI is InChI=1S/C19H21NO/c1-2-11-20-18(19-8-5-12-21-19)14-15-9-10-16-6-3-4-7-17(16)13-15/h3-10,12-13,18,20H,2,11,14H2,1H3. The van der Waals surface area contributed by atoms with E-state index >= 15 is 0 Å². The van der Waals surface area contributed by atoms with E-state index in [1.165, 1.54) is 16.3 Å². The Balaban J connectivity index is 1.83. The second-order valence-electron chi connectivity index (χ2n) is 5.41. The molecule has 2 heteroatoms. The summed E-state index contributed by atoms with van der Waals surface area (Å²) >= 11 is 0. The summed E-state index contributed by atoms with van der Waals surface area (Å²) in [5, 5.41) is 6.16. The quantitative estimate of drug-likeness (QED) is 0.706. The second-order valence-corrected chi connectivity index (χ2v) is 5.41. The number of rotatable bonds is 6. The summed E-state index contributed by atoms with van der Waals surface area (Å²) in [6, 6.07) is 19.4. The third kappa shape index (κ3) is 3.34. The molecule has 1 heterocycles. The van der Waals surface area contributed by atoms with Gasteiger partial charge in [-0.2, -0.15) is 0 Å². The van der Waals surface area contributed by atoms with E-state index in [1.807, 2.05) is 12.1 Å². The lowest BCUT2D eigenvalue weighted by Crippen LogP contribution is -2.23. The molecule has 0 radical (unpaired) electrons. The summed E-state index contributed by atoms with van der Waals surface area (Å²) in [5.74, 6) is 1.01. The van der Waals surface area contributed by atoms with E-state index in [1.54, 1.807) is 6.26 Å². The maximum Gasteiger partial charge on any atom is 0.121 e. The minimum absolute atomic E-state index is 0.237. The molecular weight excluding hydrogens is 258 g/mol. The van der Waals surface area contributed by atoms with Gasteiger partial charge in [-0.15, -0.1) is 0 Å². The molecule has 108 valence electrons. The smallest absolute Gasteiger partial charge is 0.121 e. The van der Waals surface area contributed by atoms with Crippen molar-refractivity contribution >= 4 is 10.8 Å². The molecule has 1 aromatic heterocycles. The molecule has 0 saturated heterocycles. The van der Waals surface area contributed by atoms with E-state index in [2.05, 4.69) is 54.7 Å². The zero-order valence-corrected chi connectivity index (χ0v) is 12.4. The van der Waals surface area contributed by atoms with Crippen LogP contribution < -0.4 is 5.32 Å². The number of benzene rings is 2. The Morgan fingerprint density at radius 2 is 1.86 bits per heavy atom. The lowest BCUT2D eigenvalue weighted by atomic mass is 10.0. The van der Waals surface area contributed by atoms with Crippen LogP contribution in [0.5, 0.6) is 0 Å². The average molecular weight is 279 g/mol. The lowest BCUT2D eigenvalue weighted by Gasteiger charge is -2.16. The number of hydrogen-bond donors (Lipinski definition) is 1. The highest BCUT2D eigenvalue weighted by molar-refractivity contribution is 5.83. The highest BCUT2D eigenvalue weighted by Gasteiger charge is 2.14. The molecule has 3 aromatic rings. The van der Waals surface area contributed by atoms with Crippen LogP contribution in [0.25, 0.3) is 10.8 Å². The fraction of sp³-hybridized carbons (Fsp3) is 0.263. The van der Waals surface area contributed by atoms with E-state index < -0.39 is 0 Å². The van der Waals surface area contributed by atoms with Crippen LogP contribution in [0.3, 0.4) is 0 Å². The van der Waals surface area contributed by atoms with Crippen molar-refractivity contribution in [2.45, 2.75) is 25.8 Å². The van der Waals surface area contributed by atoms with Crippen LogP contribution in [0.4, 0.5) is 0 Å². The van der Waals surface area contributed by atoms with Gasteiger partial charge in [0.25, 0.3) is 0 Å². The van der Waals surface area contributed by atoms with Gasteiger partial charge in [-0.05, 0) is 47.9 Å². The number of fused-ring (bicyclic) bond motifs is 1. The van der Waals surface area contributed by atoms with Crippen LogP contribution in [0, 0.1) is 0 Å². The average Bonchev–Trinajstić information content (AvgIpc) is 3.05. The normalized spacial score (nSPS) is 12.6. The van der Waals surface area contributed by atoms with Crippen molar-refractivity contribution in [3.8, 4) is 0 Å². The molecule has 0 bridgehead atoms. The Morgan fingerprint density at radius 1 is 1.00 bits per heavy atom.